The second-order valence-corrected chi connectivity index (χ2v) is 6.79. The highest BCUT2D eigenvalue weighted by molar-refractivity contribution is 7.90. The molecule has 1 aliphatic heterocycles. The van der Waals surface area contributed by atoms with Gasteiger partial charge in [-0.25, -0.2) is 8.42 Å². The molecule has 0 radical (unpaired) electrons. The Hall–Kier alpha value is -2.16. The van der Waals surface area contributed by atoms with Crippen molar-refractivity contribution in [2.24, 2.45) is 0 Å². The molecule has 21 heavy (non-hydrogen) atoms. The van der Waals surface area contributed by atoms with Gasteiger partial charge in [-0.1, -0.05) is 0 Å². The third-order valence-electron chi connectivity index (χ3n) is 3.37. The number of rotatable bonds is 4. The minimum absolute atomic E-state index is 0.289. The first-order valence-corrected chi connectivity index (χ1v) is 8.15. The second-order valence-electron chi connectivity index (χ2n) is 4.81. The first-order valence-electron chi connectivity index (χ1n) is 6.25. The lowest BCUT2D eigenvalue weighted by molar-refractivity contribution is -0.387. The third kappa shape index (κ3) is 3.30. The van der Waals surface area contributed by atoms with Crippen molar-refractivity contribution in [2.75, 3.05) is 37.3 Å². The van der Waals surface area contributed by atoms with E-state index in [9.17, 15) is 23.3 Å². The lowest BCUT2D eigenvalue weighted by atomic mass is 10.2. The average Bonchev–Trinajstić information content (AvgIpc) is 2.45. The van der Waals surface area contributed by atoms with Crippen molar-refractivity contribution in [3.8, 4) is 0 Å². The van der Waals surface area contributed by atoms with Crippen molar-refractivity contribution in [1.29, 1.82) is 0 Å². The summed E-state index contributed by atoms with van der Waals surface area (Å²) in [6.07, 6.45) is 1.71. The van der Waals surface area contributed by atoms with Gasteiger partial charge in [-0.15, -0.1) is 0 Å². The predicted octanol–water partition coefficient (Wildman–Crippen LogP) is 0.277. The van der Waals surface area contributed by atoms with E-state index in [4.69, 9.17) is 0 Å². The van der Waals surface area contributed by atoms with E-state index in [1.165, 1.54) is 12.1 Å². The van der Waals surface area contributed by atoms with Crippen LogP contribution in [0.5, 0.6) is 0 Å². The monoisotopic (exact) mass is 313 g/mol. The van der Waals surface area contributed by atoms with E-state index in [0.29, 0.717) is 31.9 Å². The largest absolute Gasteiger partial charge is 0.368 e. The van der Waals surface area contributed by atoms with E-state index in [1.807, 2.05) is 4.90 Å². The SMILES string of the molecule is CS(=O)(=O)c1ccc(N2CCN(C=O)CC2)cc1[N+](=O)[O-]. The molecule has 1 saturated heterocycles. The summed E-state index contributed by atoms with van der Waals surface area (Å²) in [5.74, 6) is 0. The molecule has 0 aromatic heterocycles. The highest BCUT2D eigenvalue weighted by Gasteiger charge is 2.24. The Bertz CT molecular complexity index is 665. The molecule has 8 nitrogen and oxygen atoms in total. The molecule has 1 aromatic rings. The number of hydrogen-bond acceptors (Lipinski definition) is 6. The van der Waals surface area contributed by atoms with Gasteiger partial charge in [0.25, 0.3) is 5.69 Å². The van der Waals surface area contributed by atoms with E-state index in [1.54, 1.807) is 11.0 Å². The summed E-state index contributed by atoms with van der Waals surface area (Å²) >= 11 is 0. The molecule has 0 spiro atoms. The van der Waals surface area contributed by atoms with Crippen LogP contribution in [0.3, 0.4) is 0 Å². The van der Waals surface area contributed by atoms with Crippen LogP contribution < -0.4 is 4.90 Å². The molecular weight excluding hydrogens is 298 g/mol. The number of hydrogen-bond donors (Lipinski definition) is 0. The Morgan fingerprint density at radius 3 is 2.33 bits per heavy atom. The predicted molar refractivity (Wildman–Crippen MR) is 76.1 cm³/mol. The zero-order valence-electron chi connectivity index (χ0n) is 11.4. The molecule has 0 saturated carbocycles. The summed E-state index contributed by atoms with van der Waals surface area (Å²) in [6, 6.07) is 4.09. The van der Waals surface area contributed by atoms with E-state index in [2.05, 4.69) is 0 Å². The van der Waals surface area contributed by atoms with Gasteiger partial charge in [-0.3, -0.25) is 14.9 Å². The van der Waals surface area contributed by atoms with Crippen molar-refractivity contribution in [3.63, 3.8) is 0 Å². The standard InChI is InChI=1S/C12H15N3O5S/c1-21(19,20)12-3-2-10(8-11(12)15(17)18)14-6-4-13(9-16)5-7-14/h2-3,8-9H,4-7H2,1H3. The van der Waals surface area contributed by atoms with Crippen LogP contribution in [0.1, 0.15) is 0 Å². The highest BCUT2D eigenvalue weighted by Crippen LogP contribution is 2.29. The van der Waals surface area contributed by atoms with Crippen molar-refractivity contribution in [3.05, 3.63) is 28.3 Å². The lowest BCUT2D eigenvalue weighted by Gasteiger charge is -2.34. The minimum atomic E-state index is -3.65. The zero-order chi connectivity index (χ0) is 15.6. The van der Waals surface area contributed by atoms with Crippen LogP contribution >= 0.6 is 0 Å². The average molecular weight is 313 g/mol. The van der Waals surface area contributed by atoms with Crippen molar-refractivity contribution in [2.45, 2.75) is 4.90 Å². The number of benzene rings is 1. The maximum Gasteiger partial charge on any atom is 0.290 e. The van der Waals surface area contributed by atoms with E-state index in [-0.39, 0.29) is 4.90 Å². The van der Waals surface area contributed by atoms with Crippen molar-refractivity contribution in [1.82, 2.24) is 4.90 Å². The first kappa shape index (κ1) is 15.2. The summed E-state index contributed by atoms with van der Waals surface area (Å²) in [4.78, 5) is 24.2. The summed E-state index contributed by atoms with van der Waals surface area (Å²) in [6.45, 7) is 2.17. The van der Waals surface area contributed by atoms with Gasteiger partial charge in [0.2, 0.25) is 6.41 Å². The summed E-state index contributed by atoms with van der Waals surface area (Å²) in [5, 5.41) is 11.1. The van der Waals surface area contributed by atoms with E-state index < -0.39 is 20.4 Å². The number of anilines is 1. The molecule has 0 N–H and O–H groups in total. The number of carbonyl (C=O) groups is 1. The fourth-order valence-corrected chi connectivity index (χ4v) is 3.07. The first-order chi connectivity index (χ1) is 9.82. The number of piperazine rings is 1. The molecule has 1 amide bonds. The van der Waals surface area contributed by atoms with Gasteiger partial charge in [0.15, 0.2) is 9.84 Å². The molecule has 1 fully saturated rings. The van der Waals surface area contributed by atoms with Crippen LogP contribution in [0.2, 0.25) is 0 Å². The van der Waals surface area contributed by atoms with Gasteiger partial charge in [-0.2, -0.15) is 0 Å². The smallest absolute Gasteiger partial charge is 0.290 e. The Morgan fingerprint density at radius 2 is 1.86 bits per heavy atom. The fourth-order valence-electron chi connectivity index (χ4n) is 2.24. The molecule has 1 heterocycles. The molecule has 0 unspecified atom stereocenters. The molecule has 0 aliphatic carbocycles. The van der Waals surface area contributed by atoms with Crippen LogP contribution in [0, 0.1) is 10.1 Å². The molecule has 114 valence electrons. The molecule has 1 aromatic carbocycles. The van der Waals surface area contributed by atoms with Crippen LogP contribution in [0.4, 0.5) is 11.4 Å². The quantitative estimate of drug-likeness (QED) is 0.449. The van der Waals surface area contributed by atoms with Crippen LogP contribution in [-0.2, 0) is 14.6 Å². The summed E-state index contributed by atoms with van der Waals surface area (Å²) in [5.41, 5.74) is 0.160. The molecule has 0 bridgehead atoms. The highest BCUT2D eigenvalue weighted by atomic mass is 32.2. The van der Waals surface area contributed by atoms with Gasteiger partial charge in [0, 0.05) is 44.2 Å². The number of carbonyl (C=O) groups excluding carboxylic acids is 1. The van der Waals surface area contributed by atoms with Gasteiger partial charge in [0.1, 0.15) is 4.90 Å². The van der Waals surface area contributed by atoms with Crippen LogP contribution in [0.15, 0.2) is 23.1 Å². The zero-order valence-corrected chi connectivity index (χ0v) is 12.2. The molecule has 2 rings (SSSR count). The summed E-state index contributed by atoms with van der Waals surface area (Å²) in [7, 11) is -3.65. The molecule has 9 heteroatoms. The maximum atomic E-state index is 11.6. The van der Waals surface area contributed by atoms with Crippen molar-refractivity contribution >= 4 is 27.6 Å². The molecular formula is C12H15N3O5S. The number of amides is 1. The lowest BCUT2D eigenvalue weighted by Crippen LogP contribution is -2.45. The van der Waals surface area contributed by atoms with Crippen LogP contribution in [-0.4, -0.2) is 57.1 Å². The van der Waals surface area contributed by atoms with Gasteiger partial charge >= 0.3 is 0 Å². The Labute approximate surface area is 122 Å². The topological polar surface area (TPSA) is 101 Å². The minimum Gasteiger partial charge on any atom is -0.368 e. The van der Waals surface area contributed by atoms with Crippen LogP contribution in [0.25, 0.3) is 0 Å². The van der Waals surface area contributed by atoms with Gasteiger partial charge in [0.05, 0.1) is 4.92 Å². The normalized spacial score (nSPS) is 15.9. The maximum absolute atomic E-state index is 11.6. The molecule has 0 atom stereocenters. The number of nitrogens with zero attached hydrogens (tertiary/aromatic N) is 3. The number of nitro benzene ring substituents is 1. The number of nitro groups is 1. The molecule has 1 aliphatic rings. The van der Waals surface area contributed by atoms with Gasteiger partial charge < -0.3 is 9.80 Å². The number of sulfone groups is 1. The van der Waals surface area contributed by atoms with E-state index >= 15 is 0 Å². The van der Waals surface area contributed by atoms with E-state index in [0.717, 1.165) is 12.7 Å². The van der Waals surface area contributed by atoms with Crippen molar-refractivity contribution < 1.29 is 18.1 Å². The Kier molecular flexibility index (Phi) is 4.12. The summed E-state index contributed by atoms with van der Waals surface area (Å²) < 4.78 is 23.1. The third-order valence-corrected chi connectivity index (χ3v) is 4.51. The fraction of sp³-hybridized carbons (Fsp3) is 0.417. The Morgan fingerprint density at radius 1 is 1.24 bits per heavy atom. The van der Waals surface area contributed by atoms with Gasteiger partial charge in [-0.05, 0) is 12.1 Å². The second kappa shape index (κ2) is 5.68. The Balaban J connectivity index is 2.33.